The van der Waals surface area contributed by atoms with Gasteiger partial charge in [0.25, 0.3) is 0 Å². The molecule has 0 amide bonds. The molecule has 0 atom stereocenters. The smallest absolute Gasteiger partial charge is 0.321 e. The maximum Gasteiger partial charge on any atom is 0.321 e. The Balaban J connectivity index is 1.90. The first-order chi connectivity index (χ1) is 14.6. The third kappa shape index (κ3) is 6.83. The van der Waals surface area contributed by atoms with E-state index in [0.717, 1.165) is 29.1 Å². The second kappa shape index (κ2) is 11.0. The molecular formula is C23H27NO6S. The van der Waals surface area contributed by atoms with Gasteiger partial charge in [0.05, 0.1) is 4.90 Å². The molecule has 2 aromatic rings. The summed E-state index contributed by atoms with van der Waals surface area (Å²) in [6, 6.07) is 12.6. The van der Waals surface area contributed by atoms with E-state index < -0.39 is 29.1 Å². The number of nitrogens with zero attached hydrogens (tertiary/aromatic N) is 1. The number of ketones is 2. The Labute approximate surface area is 183 Å². The third-order valence-electron chi connectivity index (χ3n) is 4.78. The second-order valence-corrected chi connectivity index (χ2v) is 9.27. The van der Waals surface area contributed by atoms with Gasteiger partial charge in [0.1, 0.15) is 6.54 Å². The molecule has 0 bridgehead atoms. The van der Waals surface area contributed by atoms with Gasteiger partial charge < -0.3 is 4.74 Å². The van der Waals surface area contributed by atoms with Gasteiger partial charge >= 0.3 is 5.97 Å². The number of unbranched alkanes of at least 4 members (excludes halogenated alkanes) is 1. The molecule has 2 aromatic carbocycles. The summed E-state index contributed by atoms with van der Waals surface area (Å²) in [6.07, 6.45) is 3.10. The largest absolute Gasteiger partial charge is 0.456 e. The van der Waals surface area contributed by atoms with Crippen LogP contribution in [0.2, 0.25) is 0 Å². The van der Waals surface area contributed by atoms with Crippen LogP contribution < -0.4 is 0 Å². The number of carbonyl (C=O) groups excluding carboxylic acids is 3. The zero-order chi connectivity index (χ0) is 23.0. The summed E-state index contributed by atoms with van der Waals surface area (Å²) in [4.78, 5) is 35.6. The van der Waals surface area contributed by atoms with Crippen molar-refractivity contribution in [3.8, 4) is 0 Å². The SMILES string of the molecule is CCCCc1ccc(C(=O)COC(=O)CN(C)S(=O)(=O)c2ccc(C(C)=O)cc2)cc1. The summed E-state index contributed by atoms with van der Waals surface area (Å²) in [5, 5.41) is 0. The van der Waals surface area contributed by atoms with Crippen LogP contribution in [0.25, 0.3) is 0 Å². The summed E-state index contributed by atoms with van der Waals surface area (Å²) in [7, 11) is -2.70. The minimum Gasteiger partial charge on any atom is -0.456 e. The summed E-state index contributed by atoms with van der Waals surface area (Å²) < 4.78 is 31.0. The minimum absolute atomic E-state index is 0.0490. The van der Waals surface area contributed by atoms with Crippen molar-refractivity contribution in [2.24, 2.45) is 0 Å². The lowest BCUT2D eigenvalue weighted by molar-refractivity contribution is -0.142. The predicted molar refractivity (Wildman–Crippen MR) is 117 cm³/mol. The normalized spacial score (nSPS) is 11.4. The molecule has 0 saturated carbocycles. The van der Waals surface area contributed by atoms with Crippen LogP contribution in [0.5, 0.6) is 0 Å². The fourth-order valence-electron chi connectivity index (χ4n) is 2.82. The van der Waals surface area contributed by atoms with Gasteiger partial charge in [-0.1, -0.05) is 49.7 Å². The van der Waals surface area contributed by atoms with E-state index in [1.807, 2.05) is 12.1 Å². The third-order valence-corrected chi connectivity index (χ3v) is 6.60. The Morgan fingerprint density at radius 1 is 0.935 bits per heavy atom. The van der Waals surface area contributed by atoms with Crippen LogP contribution in [-0.4, -0.2) is 50.5 Å². The molecule has 31 heavy (non-hydrogen) atoms. The van der Waals surface area contributed by atoms with Gasteiger partial charge in [-0.2, -0.15) is 4.31 Å². The molecule has 0 radical (unpaired) electrons. The van der Waals surface area contributed by atoms with E-state index in [9.17, 15) is 22.8 Å². The molecule has 0 saturated heterocycles. The van der Waals surface area contributed by atoms with Crippen LogP contribution in [0.15, 0.2) is 53.4 Å². The van der Waals surface area contributed by atoms with E-state index in [0.29, 0.717) is 11.1 Å². The maximum absolute atomic E-state index is 12.6. The van der Waals surface area contributed by atoms with Crippen LogP contribution in [0.3, 0.4) is 0 Å². The molecule has 2 rings (SSSR count). The van der Waals surface area contributed by atoms with Gasteiger partial charge in [-0.25, -0.2) is 8.42 Å². The highest BCUT2D eigenvalue weighted by molar-refractivity contribution is 7.89. The monoisotopic (exact) mass is 445 g/mol. The van der Waals surface area contributed by atoms with Crippen molar-refractivity contribution in [1.82, 2.24) is 4.31 Å². The highest BCUT2D eigenvalue weighted by Crippen LogP contribution is 2.16. The topological polar surface area (TPSA) is 97.8 Å². The first kappa shape index (κ1) is 24.4. The van der Waals surface area contributed by atoms with Crippen LogP contribution >= 0.6 is 0 Å². The molecule has 0 heterocycles. The van der Waals surface area contributed by atoms with E-state index in [-0.39, 0.29) is 16.5 Å². The van der Waals surface area contributed by atoms with Crippen LogP contribution in [0.4, 0.5) is 0 Å². The number of benzene rings is 2. The molecule has 166 valence electrons. The first-order valence-corrected chi connectivity index (χ1v) is 11.4. The Kier molecular flexibility index (Phi) is 8.65. The quantitative estimate of drug-likeness (QED) is 0.389. The van der Waals surface area contributed by atoms with Crippen molar-refractivity contribution in [2.75, 3.05) is 20.2 Å². The number of sulfonamides is 1. The fourth-order valence-corrected chi connectivity index (χ4v) is 3.94. The summed E-state index contributed by atoms with van der Waals surface area (Å²) >= 11 is 0. The number of hydrogen-bond acceptors (Lipinski definition) is 6. The number of Topliss-reactive ketones (excluding diaryl/α,β-unsaturated/α-hetero) is 2. The van der Waals surface area contributed by atoms with Gasteiger partial charge in [-0.05, 0) is 37.5 Å². The van der Waals surface area contributed by atoms with Gasteiger partial charge in [-0.3, -0.25) is 14.4 Å². The molecule has 0 N–H and O–H groups in total. The van der Waals surface area contributed by atoms with E-state index in [1.54, 1.807) is 12.1 Å². The first-order valence-electron chi connectivity index (χ1n) is 10.00. The van der Waals surface area contributed by atoms with Crippen molar-refractivity contribution in [1.29, 1.82) is 0 Å². The lowest BCUT2D eigenvalue weighted by Gasteiger charge is -2.16. The molecule has 0 aliphatic rings. The average molecular weight is 446 g/mol. The molecular weight excluding hydrogens is 418 g/mol. The highest BCUT2D eigenvalue weighted by Gasteiger charge is 2.24. The Hall–Kier alpha value is -2.84. The Morgan fingerprint density at radius 3 is 2.06 bits per heavy atom. The predicted octanol–water partition coefficient (Wildman–Crippen LogP) is 3.28. The average Bonchev–Trinajstić information content (AvgIpc) is 2.76. The lowest BCUT2D eigenvalue weighted by atomic mass is 10.0. The molecule has 0 aliphatic heterocycles. The Bertz CT molecular complexity index is 1030. The Morgan fingerprint density at radius 2 is 1.52 bits per heavy atom. The molecule has 0 fully saturated rings. The van der Waals surface area contributed by atoms with E-state index in [4.69, 9.17) is 4.74 Å². The number of hydrogen-bond donors (Lipinski definition) is 0. The maximum atomic E-state index is 12.6. The molecule has 0 aromatic heterocycles. The standard InChI is InChI=1S/C23H27NO6S/c1-4-5-6-18-7-9-20(10-8-18)22(26)16-30-23(27)15-24(3)31(28,29)21-13-11-19(12-14-21)17(2)25/h7-14H,4-6,15-16H2,1-3H3. The van der Waals surface area contributed by atoms with Gasteiger partial charge in [0, 0.05) is 18.2 Å². The van der Waals surface area contributed by atoms with Crippen LogP contribution in [0.1, 0.15) is 53.0 Å². The highest BCUT2D eigenvalue weighted by atomic mass is 32.2. The zero-order valence-electron chi connectivity index (χ0n) is 18.0. The molecule has 0 aliphatic carbocycles. The minimum atomic E-state index is -3.94. The van der Waals surface area contributed by atoms with Gasteiger partial charge in [0.15, 0.2) is 18.2 Å². The second-order valence-electron chi connectivity index (χ2n) is 7.23. The molecule has 7 nitrogen and oxygen atoms in total. The van der Waals surface area contributed by atoms with Crippen molar-refractivity contribution in [3.63, 3.8) is 0 Å². The summed E-state index contributed by atoms with van der Waals surface area (Å²) in [6.45, 7) is 2.49. The van der Waals surface area contributed by atoms with Crippen molar-refractivity contribution in [3.05, 3.63) is 65.2 Å². The van der Waals surface area contributed by atoms with E-state index in [2.05, 4.69) is 6.92 Å². The van der Waals surface area contributed by atoms with Gasteiger partial charge in [-0.15, -0.1) is 0 Å². The molecule has 0 spiro atoms. The number of ether oxygens (including phenoxy) is 1. The van der Waals surface area contributed by atoms with Crippen molar-refractivity contribution >= 4 is 27.6 Å². The summed E-state index contributed by atoms with van der Waals surface area (Å²) in [5.41, 5.74) is 1.95. The summed E-state index contributed by atoms with van der Waals surface area (Å²) in [5.74, 6) is -1.37. The van der Waals surface area contributed by atoms with Gasteiger partial charge in [0.2, 0.25) is 10.0 Å². The number of rotatable bonds is 11. The van der Waals surface area contributed by atoms with Crippen LogP contribution in [-0.2, 0) is 26.0 Å². The number of carbonyl (C=O) groups is 3. The van der Waals surface area contributed by atoms with Crippen molar-refractivity contribution in [2.45, 2.75) is 38.0 Å². The molecule has 0 unspecified atom stereocenters. The fraction of sp³-hybridized carbons (Fsp3) is 0.348. The number of likely N-dealkylation sites (N-methyl/N-ethyl adjacent to an activating group) is 1. The number of esters is 1. The molecule has 8 heteroatoms. The zero-order valence-corrected chi connectivity index (χ0v) is 18.8. The van der Waals surface area contributed by atoms with E-state index >= 15 is 0 Å². The number of aryl methyl sites for hydroxylation is 1. The van der Waals surface area contributed by atoms with E-state index in [1.165, 1.54) is 38.2 Å². The lowest BCUT2D eigenvalue weighted by Crippen LogP contribution is -2.33. The van der Waals surface area contributed by atoms with Crippen molar-refractivity contribution < 1.29 is 27.5 Å². The van der Waals surface area contributed by atoms with Crippen LogP contribution in [0, 0.1) is 0 Å².